The van der Waals surface area contributed by atoms with E-state index >= 15 is 0 Å². The predicted molar refractivity (Wildman–Crippen MR) is 54.1 cm³/mol. The zero-order chi connectivity index (χ0) is 10.1. The summed E-state index contributed by atoms with van der Waals surface area (Å²) in [6.07, 6.45) is 0. The van der Waals surface area contributed by atoms with E-state index < -0.39 is 0 Å². The fourth-order valence-corrected chi connectivity index (χ4v) is 1.41. The molecule has 3 nitrogen and oxygen atoms in total. The molecule has 0 N–H and O–H groups in total. The first kappa shape index (κ1) is 9.33. The van der Waals surface area contributed by atoms with Crippen molar-refractivity contribution in [3.63, 3.8) is 0 Å². The minimum atomic E-state index is -0.255. The molecular formula is C9H7BrFN3. The lowest BCUT2D eigenvalue weighted by Crippen LogP contribution is -1.92. The average Bonchev–Trinajstić information content (AvgIpc) is 2.50. The molecule has 14 heavy (non-hydrogen) atoms. The van der Waals surface area contributed by atoms with Crippen LogP contribution in [-0.4, -0.2) is 14.8 Å². The molecule has 0 unspecified atom stereocenters. The van der Waals surface area contributed by atoms with E-state index in [2.05, 4.69) is 26.1 Å². The lowest BCUT2D eigenvalue weighted by Gasteiger charge is -2.00. The topological polar surface area (TPSA) is 30.7 Å². The van der Waals surface area contributed by atoms with Crippen LogP contribution >= 0.6 is 15.9 Å². The van der Waals surface area contributed by atoms with Crippen molar-refractivity contribution in [2.45, 2.75) is 0 Å². The quantitative estimate of drug-likeness (QED) is 0.784. The Morgan fingerprint density at radius 2 is 1.86 bits per heavy atom. The van der Waals surface area contributed by atoms with Crippen LogP contribution < -0.4 is 0 Å². The molecule has 0 amide bonds. The maximum atomic E-state index is 12.7. The van der Waals surface area contributed by atoms with Crippen LogP contribution in [0.2, 0.25) is 0 Å². The van der Waals surface area contributed by atoms with Crippen molar-refractivity contribution in [2.75, 3.05) is 0 Å². The van der Waals surface area contributed by atoms with Gasteiger partial charge in [-0.05, 0) is 40.2 Å². The highest BCUT2D eigenvalue weighted by molar-refractivity contribution is 9.10. The second-order valence-electron chi connectivity index (χ2n) is 2.86. The third kappa shape index (κ3) is 1.55. The van der Waals surface area contributed by atoms with Gasteiger partial charge >= 0.3 is 0 Å². The Morgan fingerprint density at radius 3 is 2.36 bits per heavy atom. The van der Waals surface area contributed by atoms with Crippen molar-refractivity contribution in [3.05, 3.63) is 34.8 Å². The van der Waals surface area contributed by atoms with Gasteiger partial charge in [0.2, 0.25) is 0 Å². The first-order valence-electron chi connectivity index (χ1n) is 3.99. The highest BCUT2D eigenvalue weighted by atomic mass is 79.9. The van der Waals surface area contributed by atoms with Gasteiger partial charge in [0.1, 0.15) is 5.82 Å². The second kappa shape index (κ2) is 3.49. The van der Waals surface area contributed by atoms with Gasteiger partial charge in [-0.15, -0.1) is 10.2 Å². The van der Waals surface area contributed by atoms with Crippen LogP contribution in [0.4, 0.5) is 4.39 Å². The number of halogens is 2. The van der Waals surface area contributed by atoms with Crippen molar-refractivity contribution >= 4 is 15.9 Å². The molecule has 0 fully saturated rings. The second-order valence-corrected chi connectivity index (χ2v) is 3.57. The fourth-order valence-electron chi connectivity index (χ4n) is 1.16. The molecule has 0 aliphatic rings. The molecule has 1 heterocycles. The Kier molecular flexibility index (Phi) is 2.33. The summed E-state index contributed by atoms with van der Waals surface area (Å²) in [7, 11) is 1.84. The van der Waals surface area contributed by atoms with Crippen LogP contribution in [0.15, 0.2) is 29.0 Å². The van der Waals surface area contributed by atoms with Crippen LogP contribution in [0.5, 0.6) is 0 Å². The molecule has 0 saturated carbocycles. The lowest BCUT2D eigenvalue weighted by atomic mass is 10.2. The molecule has 5 heteroatoms. The van der Waals surface area contributed by atoms with E-state index in [9.17, 15) is 4.39 Å². The Balaban J connectivity index is 2.49. The first-order chi connectivity index (χ1) is 6.68. The summed E-state index contributed by atoms with van der Waals surface area (Å²) in [5.74, 6) is 0.451. The lowest BCUT2D eigenvalue weighted by molar-refractivity contribution is 0.628. The highest BCUT2D eigenvalue weighted by Crippen LogP contribution is 2.19. The minimum absolute atomic E-state index is 0.255. The molecule has 0 bridgehead atoms. The number of aromatic nitrogens is 3. The number of nitrogens with zero attached hydrogens (tertiary/aromatic N) is 3. The summed E-state index contributed by atoms with van der Waals surface area (Å²) >= 11 is 3.24. The van der Waals surface area contributed by atoms with Gasteiger partial charge in [0.25, 0.3) is 0 Å². The molecular weight excluding hydrogens is 249 g/mol. The summed E-state index contributed by atoms with van der Waals surface area (Å²) in [4.78, 5) is 0. The van der Waals surface area contributed by atoms with E-state index in [1.54, 1.807) is 16.7 Å². The normalized spacial score (nSPS) is 10.5. The largest absolute Gasteiger partial charge is 0.305 e. The highest BCUT2D eigenvalue weighted by Gasteiger charge is 2.07. The van der Waals surface area contributed by atoms with Crippen molar-refractivity contribution in [1.29, 1.82) is 0 Å². The molecule has 2 aromatic rings. The van der Waals surface area contributed by atoms with Gasteiger partial charge in [0.05, 0.1) is 0 Å². The van der Waals surface area contributed by atoms with E-state index in [-0.39, 0.29) is 5.82 Å². The smallest absolute Gasteiger partial charge is 0.200 e. The monoisotopic (exact) mass is 255 g/mol. The molecule has 0 spiro atoms. The average molecular weight is 256 g/mol. The number of hydrogen-bond acceptors (Lipinski definition) is 2. The predicted octanol–water partition coefficient (Wildman–Crippen LogP) is 2.38. The molecule has 72 valence electrons. The number of hydrogen-bond donors (Lipinski definition) is 0. The Labute approximate surface area is 88.7 Å². The molecule has 0 radical (unpaired) electrons. The fraction of sp³-hybridized carbons (Fsp3) is 0.111. The van der Waals surface area contributed by atoms with Crippen molar-refractivity contribution in [2.24, 2.45) is 7.05 Å². The summed E-state index contributed by atoms with van der Waals surface area (Å²) < 4.78 is 15.1. The van der Waals surface area contributed by atoms with E-state index in [0.717, 1.165) is 5.56 Å². The number of rotatable bonds is 1. The molecule has 0 aliphatic carbocycles. The van der Waals surface area contributed by atoms with Gasteiger partial charge in [-0.2, -0.15) is 0 Å². The van der Waals surface area contributed by atoms with Crippen LogP contribution in [0.1, 0.15) is 0 Å². The van der Waals surface area contributed by atoms with Gasteiger partial charge in [-0.25, -0.2) is 4.39 Å². The van der Waals surface area contributed by atoms with E-state index in [4.69, 9.17) is 0 Å². The van der Waals surface area contributed by atoms with Crippen LogP contribution in [0.3, 0.4) is 0 Å². The van der Waals surface area contributed by atoms with Gasteiger partial charge in [-0.3, -0.25) is 0 Å². The first-order valence-corrected chi connectivity index (χ1v) is 4.78. The third-order valence-corrected chi connectivity index (χ3v) is 2.61. The van der Waals surface area contributed by atoms with Gasteiger partial charge in [0, 0.05) is 12.6 Å². The molecule has 1 aromatic heterocycles. The minimum Gasteiger partial charge on any atom is -0.305 e. The van der Waals surface area contributed by atoms with E-state index in [1.165, 1.54) is 12.1 Å². The zero-order valence-electron chi connectivity index (χ0n) is 7.41. The van der Waals surface area contributed by atoms with Crippen molar-refractivity contribution < 1.29 is 4.39 Å². The molecule has 0 atom stereocenters. The van der Waals surface area contributed by atoms with Crippen molar-refractivity contribution in [1.82, 2.24) is 14.8 Å². The molecule has 0 saturated heterocycles. The molecule has 1 aromatic carbocycles. The third-order valence-electron chi connectivity index (χ3n) is 1.92. The van der Waals surface area contributed by atoms with E-state index in [1.807, 2.05) is 7.05 Å². The maximum absolute atomic E-state index is 12.7. The summed E-state index contributed by atoms with van der Waals surface area (Å²) in [6.45, 7) is 0. The summed E-state index contributed by atoms with van der Waals surface area (Å²) in [5, 5.41) is 7.81. The van der Waals surface area contributed by atoms with E-state index in [0.29, 0.717) is 10.6 Å². The Bertz CT molecular complexity index is 450. The standard InChI is InChI=1S/C9H7BrFN3/c1-14-8(12-13-9(14)10)6-2-4-7(11)5-3-6/h2-5H,1H3. The number of benzene rings is 1. The Hall–Kier alpha value is -1.23. The van der Waals surface area contributed by atoms with Gasteiger partial charge in [0.15, 0.2) is 10.6 Å². The van der Waals surface area contributed by atoms with Crippen LogP contribution in [0.25, 0.3) is 11.4 Å². The van der Waals surface area contributed by atoms with Gasteiger partial charge < -0.3 is 4.57 Å². The SMILES string of the molecule is Cn1c(Br)nnc1-c1ccc(F)cc1. The van der Waals surface area contributed by atoms with Crippen LogP contribution in [-0.2, 0) is 7.05 Å². The summed E-state index contributed by atoms with van der Waals surface area (Å²) in [6, 6.07) is 6.15. The Morgan fingerprint density at radius 1 is 1.21 bits per heavy atom. The van der Waals surface area contributed by atoms with Crippen LogP contribution in [0, 0.1) is 5.82 Å². The maximum Gasteiger partial charge on any atom is 0.200 e. The molecule has 0 aliphatic heterocycles. The van der Waals surface area contributed by atoms with Crippen molar-refractivity contribution in [3.8, 4) is 11.4 Å². The zero-order valence-corrected chi connectivity index (χ0v) is 8.99. The van der Waals surface area contributed by atoms with Gasteiger partial charge in [-0.1, -0.05) is 0 Å². The molecule has 2 rings (SSSR count). The summed E-state index contributed by atoms with van der Waals surface area (Å²) in [5.41, 5.74) is 0.840.